The molecule has 1 aliphatic heterocycles. The van der Waals surface area contributed by atoms with Crippen LogP contribution < -0.4 is 0 Å². The predicted molar refractivity (Wildman–Crippen MR) is 77.0 cm³/mol. The van der Waals surface area contributed by atoms with Crippen LogP contribution in [0, 0.1) is 11.7 Å². The molecule has 1 atom stereocenters. The Morgan fingerprint density at radius 2 is 2.17 bits per heavy atom. The molecule has 1 heterocycles. The van der Waals surface area contributed by atoms with Crippen molar-refractivity contribution in [3.8, 4) is 0 Å². The van der Waals surface area contributed by atoms with Gasteiger partial charge in [0, 0.05) is 6.54 Å². The van der Waals surface area contributed by atoms with Gasteiger partial charge in [-0.15, -0.1) is 0 Å². The molecule has 1 saturated heterocycles. The van der Waals surface area contributed by atoms with Crippen LogP contribution in [-0.2, 0) is 6.54 Å². The number of hydrogen-bond acceptors (Lipinski definition) is 1. The molecular formula is C15H21BrFN. The van der Waals surface area contributed by atoms with E-state index in [-0.39, 0.29) is 5.82 Å². The third kappa shape index (κ3) is 3.79. The van der Waals surface area contributed by atoms with Crippen molar-refractivity contribution in [3.63, 3.8) is 0 Å². The highest BCUT2D eigenvalue weighted by Gasteiger charge is 2.15. The lowest BCUT2D eigenvalue weighted by molar-refractivity contribution is 0.272. The van der Waals surface area contributed by atoms with Crippen LogP contribution >= 0.6 is 15.9 Å². The second kappa shape index (κ2) is 6.67. The summed E-state index contributed by atoms with van der Waals surface area (Å²) < 4.78 is 13.7. The minimum atomic E-state index is -0.180. The highest BCUT2D eigenvalue weighted by atomic mass is 79.9. The van der Waals surface area contributed by atoms with Crippen LogP contribution in [0.5, 0.6) is 0 Å². The summed E-state index contributed by atoms with van der Waals surface area (Å²) in [6.07, 6.45) is 5.26. The van der Waals surface area contributed by atoms with E-state index in [2.05, 4.69) is 27.8 Å². The molecule has 0 radical (unpaired) electrons. The summed E-state index contributed by atoms with van der Waals surface area (Å²) in [5.41, 5.74) is 1.19. The van der Waals surface area contributed by atoms with E-state index in [1.165, 1.54) is 44.3 Å². The summed E-state index contributed by atoms with van der Waals surface area (Å²) >= 11 is 3.25. The van der Waals surface area contributed by atoms with Gasteiger partial charge < -0.3 is 0 Å². The Kier molecular flexibility index (Phi) is 5.19. The highest BCUT2D eigenvalue weighted by molar-refractivity contribution is 9.10. The van der Waals surface area contributed by atoms with Crippen molar-refractivity contribution >= 4 is 15.9 Å². The van der Waals surface area contributed by atoms with Crippen LogP contribution in [0.15, 0.2) is 22.7 Å². The summed E-state index contributed by atoms with van der Waals surface area (Å²) in [5.74, 6) is 0.718. The fourth-order valence-corrected chi connectivity index (χ4v) is 3.11. The molecule has 2 rings (SSSR count). The quantitative estimate of drug-likeness (QED) is 0.788. The maximum atomic E-state index is 13.2. The molecule has 0 amide bonds. The van der Waals surface area contributed by atoms with Gasteiger partial charge in [0.25, 0.3) is 0 Å². The van der Waals surface area contributed by atoms with Crippen LogP contribution in [0.2, 0.25) is 0 Å². The van der Waals surface area contributed by atoms with Gasteiger partial charge >= 0.3 is 0 Å². The smallest absolute Gasteiger partial charge is 0.137 e. The Balaban J connectivity index is 1.94. The zero-order valence-corrected chi connectivity index (χ0v) is 12.5. The maximum Gasteiger partial charge on any atom is 0.137 e. The monoisotopic (exact) mass is 313 g/mol. The number of nitrogens with zero attached hydrogens (tertiary/aromatic N) is 1. The molecule has 0 saturated carbocycles. The van der Waals surface area contributed by atoms with E-state index in [4.69, 9.17) is 0 Å². The lowest BCUT2D eigenvalue weighted by atomic mass is 9.98. The largest absolute Gasteiger partial charge is 0.299 e. The molecule has 3 heteroatoms. The Morgan fingerprint density at radius 1 is 1.33 bits per heavy atom. The van der Waals surface area contributed by atoms with E-state index >= 15 is 0 Å². The number of benzene rings is 1. The van der Waals surface area contributed by atoms with E-state index in [0.717, 1.165) is 12.5 Å². The molecule has 0 N–H and O–H groups in total. The molecule has 18 heavy (non-hydrogen) atoms. The van der Waals surface area contributed by atoms with E-state index in [1.807, 2.05) is 12.1 Å². The molecule has 0 aromatic heterocycles. The standard InChI is InChI=1S/C15H21BrFN/c1-2-12-4-3-8-18(9-7-12)11-13-5-6-15(17)14(16)10-13/h5-6,10,12H,2-4,7-9,11H2,1H3. The second-order valence-electron chi connectivity index (χ2n) is 5.23. The van der Waals surface area contributed by atoms with Crippen molar-refractivity contribution in [2.24, 2.45) is 5.92 Å². The van der Waals surface area contributed by atoms with Gasteiger partial charge in [-0.1, -0.05) is 19.4 Å². The van der Waals surface area contributed by atoms with Gasteiger partial charge in [0.05, 0.1) is 4.47 Å². The summed E-state index contributed by atoms with van der Waals surface area (Å²) in [4.78, 5) is 2.50. The Hall–Kier alpha value is -0.410. The van der Waals surface area contributed by atoms with E-state index in [0.29, 0.717) is 4.47 Å². The third-order valence-electron chi connectivity index (χ3n) is 3.91. The first-order chi connectivity index (χ1) is 8.69. The molecule has 0 bridgehead atoms. The number of halogens is 2. The van der Waals surface area contributed by atoms with Crippen LogP contribution in [0.1, 0.15) is 38.2 Å². The van der Waals surface area contributed by atoms with Crippen LogP contribution in [-0.4, -0.2) is 18.0 Å². The van der Waals surface area contributed by atoms with Crippen molar-refractivity contribution in [2.75, 3.05) is 13.1 Å². The van der Waals surface area contributed by atoms with Crippen molar-refractivity contribution in [2.45, 2.75) is 39.2 Å². The fourth-order valence-electron chi connectivity index (χ4n) is 2.69. The summed E-state index contributed by atoms with van der Waals surface area (Å²) in [7, 11) is 0. The van der Waals surface area contributed by atoms with Gasteiger partial charge in [-0.25, -0.2) is 4.39 Å². The molecular weight excluding hydrogens is 293 g/mol. The van der Waals surface area contributed by atoms with Crippen LogP contribution in [0.4, 0.5) is 4.39 Å². The molecule has 1 aliphatic rings. The number of rotatable bonds is 3. The molecule has 1 aromatic rings. The lowest BCUT2D eigenvalue weighted by Crippen LogP contribution is -2.24. The summed E-state index contributed by atoms with van der Waals surface area (Å²) in [6.45, 7) is 5.58. The Morgan fingerprint density at radius 3 is 2.89 bits per heavy atom. The lowest BCUT2D eigenvalue weighted by Gasteiger charge is -2.20. The zero-order chi connectivity index (χ0) is 13.0. The van der Waals surface area contributed by atoms with Crippen molar-refractivity contribution in [1.82, 2.24) is 4.90 Å². The fraction of sp³-hybridized carbons (Fsp3) is 0.600. The first-order valence-electron chi connectivity index (χ1n) is 6.85. The van der Waals surface area contributed by atoms with Crippen molar-refractivity contribution in [3.05, 3.63) is 34.1 Å². The Labute approximate surface area is 118 Å². The topological polar surface area (TPSA) is 3.24 Å². The summed E-state index contributed by atoms with van der Waals surface area (Å²) in [5, 5.41) is 0. The van der Waals surface area contributed by atoms with Gasteiger partial charge in [0.2, 0.25) is 0 Å². The van der Waals surface area contributed by atoms with Crippen molar-refractivity contribution in [1.29, 1.82) is 0 Å². The van der Waals surface area contributed by atoms with Gasteiger partial charge in [0.15, 0.2) is 0 Å². The molecule has 0 spiro atoms. The SMILES string of the molecule is CCC1CCCN(Cc2ccc(F)c(Br)c2)CC1. The molecule has 1 aromatic carbocycles. The second-order valence-corrected chi connectivity index (χ2v) is 6.08. The molecule has 1 nitrogen and oxygen atoms in total. The van der Waals surface area contributed by atoms with E-state index in [1.54, 1.807) is 6.07 Å². The van der Waals surface area contributed by atoms with Crippen molar-refractivity contribution < 1.29 is 4.39 Å². The summed E-state index contributed by atoms with van der Waals surface area (Å²) in [6, 6.07) is 5.34. The first-order valence-corrected chi connectivity index (χ1v) is 7.64. The minimum absolute atomic E-state index is 0.180. The predicted octanol–water partition coefficient (Wildman–Crippen LogP) is 4.60. The van der Waals surface area contributed by atoms with Gasteiger partial charge in [0.1, 0.15) is 5.82 Å². The van der Waals surface area contributed by atoms with Crippen LogP contribution in [0.3, 0.4) is 0 Å². The molecule has 100 valence electrons. The third-order valence-corrected chi connectivity index (χ3v) is 4.52. The van der Waals surface area contributed by atoms with E-state index < -0.39 is 0 Å². The van der Waals surface area contributed by atoms with Gasteiger partial charge in [-0.3, -0.25) is 4.90 Å². The maximum absolute atomic E-state index is 13.2. The molecule has 1 unspecified atom stereocenters. The normalized spacial score (nSPS) is 21.8. The van der Waals surface area contributed by atoms with Gasteiger partial charge in [-0.05, 0) is 71.9 Å². The molecule has 0 aliphatic carbocycles. The average Bonchev–Trinajstić information content (AvgIpc) is 2.59. The minimum Gasteiger partial charge on any atom is -0.299 e. The van der Waals surface area contributed by atoms with E-state index in [9.17, 15) is 4.39 Å². The zero-order valence-electron chi connectivity index (χ0n) is 11.0. The van der Waals surface area contributed by atoms with Gasteiger partial charge in [-0.2, -0.15) is 0 Å². The highest BCUT2D eigenvalue weighted by Crippen LogP contribution is 2.22. The first kappa shape index (κ1) is 14.0. The average molecular weight is 314 g/mol. The number of hydrogen-bond donors (Lipinski definition) is 0. The Bertz CT molecular complexity index is 394. The molecule has 1 fully saturated rings. The van der Waals surface area contributed by atoms with Crippen LogP contribution in [0.25, 0.3) is 0 Å². The number of likely N-dealkylation sites (tertiary alicyclic amines) is 1.